The van der Waals surface area contributed by atoms with Crippen LogP contribution in [0.15, 0.2) is 12.7 Å². The van der Waals surface area contributed by atoms with Gasteiger partial charge in [0.1, 0.15) is 0 Å². The first kappa shape index (κ1) is 15.2. The van der Waals surface area contributed by atoms with Crippen molar-refractivity contribution in [2.75, 3.05) is 33.7 Å². The van der Waals surface area contributed by atoms with E-state index in [9.17, 15) is 0 Å². The molecule has 2 heteroatoms. The molecule has 0 radical (unpaired) electrons. The van der Waals surface area contributed by atoms with Crippen molar-refractivity contribution in [1.82, 2.24) is 9.80 Å². The second-order valence-corrected chi connectivity index (χ2v) is 4.37. The van der Waals surface area contributed by atoms with Crippen LogP contribution >= 0.6 is 0 Å². The van der Waals surface area contributed by atoms with E-state index in [2.05, 4.69) is 43.3 Å². The van der Waals surface area contributed by atoms with Crippen molar-refractivity contribution in [3.63, 3.8) is 0 Å². The summed E-state index contributed by atoms with van der Waals surface area (Å²) in [6, 6.07) is 0.664. The maximum Gasteiger partial charge on any atom is 0.0596 e. The van der Waals surface area contributed by atoms with Crippen LogP contribution in [0.1, 0.15) is 26.2 Å². The highest BCUT2D eigenvalue weighted by Crippen LogP contribution is 2.09. The van der Waals surface area contributed by atoms with Gasteiger partial charge in [0, 0.05) is 12.6 Å². The minimum atomic E-state index is 0.664. The molecular weight excluding hydrogens is 196 g/mol. The van der Waals surface area contributed by atoms with E-state index in [1.165, 1.54) is 19.3 Å². The molecule has 0 aromatic rings. The lowest BCUT2D eigenvalue weighted by Gasteiger charge is -2.26. The Labute approximate surface area is 101 Å². The van der Waals surface area contributed by atoms with Crippen LogP contribution in [-0.2, 0) is 0 Å². The average molecular weight is 222 g/mol. The Morgan fingerprint density at radius 3 is 2.62 bits per heavy atom. The number of hydrogen-bond donors (Lipinski definition) is 0. The number of terminal acetylenes is 1. The van der Waals surface area contributed by atoms with E-state index in [0.29, 0.717) is 6.04 Å². The molecule has 0 aliphatic rings. The standard InChI is InChI=1S/C14H26N2/c1-6-11-15(4)13-9-10-14(8-3)16(5)12-7-2/h1,7,14H,2,8-13H2,3-5H3. The zero-order valence-electron chi connectivity index (χ0n) is 11.1. The van der Waals surface area contributed by atoms with Gasteiger partial charge >= 0.3 is 0 Å². The number of likely N-dealkylation sites (N-methyl/N-ethyl adjacent to an activating group) is 1. The second kappa shape index (κ2) is 9.45. The maximum atomic E-state index is 5.26. The summed E-state index contributed by atoms with van der Waals surface area (Å²) >= 11 is 0. The summed E-state index contributed by atoms with van der Waals surface area (Å²) in [6.07, 6.45) is 10.9. The SMILES string of the molecule is C#CCN(C)CCCC(CC)N(C)CC=C. The van der Waals surface area contributed by atoms with Crippen molar-refractivity contribution < 1.29 is 0 Å². The molecule has 1 unspecified atom stereocenters. The fourth-order valence-electron chi connectivity index (χ4n) is 1.92. The number of rotatable bonds is 9. The molecule has 0 aromatic heterocycles. The molecule has 0 bridgehead atoms. The van der Waals surface area contributed by atoms with Crippen LogP contribution in [0, 0.1) is 12.3 Å². The quantitative estimate of drug-likeness (QED) is 0.436. The summed E-state index contributed by atoms with van der Waals surface area (Å²) in [7, 11) is 4.25. The van der Waals surface area contributed by atoms with Gasteiger partial charge in [0.25, 0.3) is 0 Å². The molecule has 0 N–H and O–H groups in total. The van der Waals surface area contributed by atoms with Crippen molar-refractivity contribution in [2.45, 2.75) is 32.2 Å². The smallest absolute Gasteiger partial charge is 0.0596 e. The lowest BCUT2D eigenvalue weighted by molar-refractivity contribution is 0.232. The van der Waals surface area contributed by atoms with Crippen LogP contribution in [0.3, 0.4) is 0 Å². The molecule has 0 aliphatic carbocycles. The van der Waals surface area contributed by atoms with Crippen molar-refractivity contribution in [2.24, 2.45) is 0 Å². The monoisotopic (exact) mass is 222 g/mol. The first-order valence-corrected chi connectivity index (χ1v) is 6.08. The molecule has 0 aromatic carbocycles. The summed E-state index contributed by atoms with van der Waals surface area (Å²) in [5.74, 6) is 2.66. The molecular formula is C14H26N2. The van der Waals surface area contributed by atoms with Crippen LogP contribution in [0.5, 0.6) is 0 Å². The number of hydrogen-bond acceptors (Lipinski definition) is 2. The fraction of sp³-hybridized carbons (Fsp3) is 0.714. The maximum absolute atomic E-state index is 5.26. The highest BCUT2D eigenvalue weighted by molar-refractivity contribution is 4.87. The van der Waals surface area contributed by atoms with Crippen molar-refractivity contribution in [3.8, 4) is 12.3 Å². The lowest BCUT2D eigenvalue weighted by atomic mass is 10.1. The molecule has 2 nitrogen and oxygen atoms in total. The molecule has 0 fully saturated rings. The Hall–Kier alpha value is -0.780. The summed E-state index contributed by atoms with van der Waals surface area (Å²) in [5.41, 5.74) is 0. The highest BCUT2D eigenvalue weighted by Gasteiger charge is 2.10. The molecule has 0 heterocycles. The van der Waals surface area contributed by atoms with Gasteiger partial charge in [-0.15, -0.1) is 13.0 Å². The minimum absolute atomic E-state index is 0.664. The van der Waals surface area contributed by atoms with Crippen LogP contribution in [0.25, 0.3) is 0 Å². The van der Waals surface area contributed by atoms with Gasteiger partial charge in [-0.25, -0.2) is 0 Å². The zero-order valence-corrected chi connectivity index (χ0v) is 11.1. The Bertz CT molecular complexity index is 217. The fourth-order valence-corrected chi connectivity index (χ4v) is 1.92. The van der Waals surface area contributed by atoms with Gasteiger partial charge in [0.15, 0.2) is 0 Å². The Balaban J connectivity index is 3.78. The third-order valence-electron chi connectivity index (χ3n) is 2.95. The van der Waals surface area contributed by atoms with Gasteiger partial charge in [0.2, 0.25) is 0 Å². The zero-order chi connectivity index (χ0) is 12.4. The van der Waals surface area contributed by atoms with Crippen LogP contribution in [-0.4, -0.2) is 49.6 Å². The third kappa shape index (κ3) is 6.66. The number of nitrogens with zero attached hydrogens (tertiary/aromatic N) is 2. The van der Waals surface area contributed by atoms with E-state index in [0.717, 1.165) is 19.6 Å². The van der Waals surface area contributed by atoms with Crippen molar-refractivity contribution in [1.29, 1.82) is 0 Å². The Morgan fingerprint density at radius 2 is 2.12 bits per heavy atom. The van der Waals surface area contributed by atoms with Gasteiger partial charge in [-0.3, -0.25) is 9.80 Å². The van der Waals surface area contributed by atoms with E-state index in [4.69, 9.17) is 6.42 Å². The molecule has 0 amide bonds. The van der Waals surface area contributed by atoms with E-state index in [1.807, 2.05) is 6.08 Å². The highest BCUT2D eigenvalue weighted by atomic mass is 15.1. The van der Waals surface area contributed by atoms with Crippen molar-refractivity contribution in [3.05, 3.63) is 12.7 Å². The molecule has 0 rings (SSSR count). The van der Waals surface area contributed by atoms with E-state index >= 15 is 0 Å². The largest absolute Gasteiger partial charge is 0.300 e. The minimum Gasteiger partial charge on any atom is -0.300 e. The second-order valence-electron chi connectivity index (χ2n) is 4.37. The van der Waals surface area contributed by atoms with Gasteiger partial charge < -0.3 is 0 Å². The van der Waals surface area contributed by atoms with Crippen molar-refractivity contribution >= 4 is 0 Å². The summed E-state index contributed by atoms with van der Waals surface area (Å²) < 4.78 is 0. The molecule has 0 saturated heterocycles. The molecule has 0 saturated carbocycles. The molecule has 1 atom stereocenters. The molecule has 16 heavy (non-hydrogen) atoms. The third-order valence-corrected chi connectivity index (χ3v) is 2.95. The van der Waals surface area contributed by atoms with E-state index < -0.39 is 0 Å². The summed E-state index contributed by atoms with van der Waals surface area (Å²) in [5, 5.41) is 0. The predicted molar refractivity (Wildman–Crippen MR) is 72.5 cm³/mol. The van der Waals surface area contributed by atoms with Crippen LogP contribution in [0.4, 0.5) is 0 Å². The molecule has 0 spiro atoms. The lowest BCUT2D eigenvalue weighted by Crippen LogP contribution is -2.32. The average Bonchev–Trinajstić information content (AvgIpc) is 2.25. The topological polar surface area (TPSA) is 6.48 Å². The first-order valence-electron chi connectivity index (χ1n) is 6.08. The molecule has 92 valence electrons. The molecule has 0 aliphatic heterocycles. The Morgan fingerprint density at radius 1 is 1.44 bits per heavy atom. The van der Waals surface area contributed by atoms with Gasteiger partial charge in [-0.05, 0) is 39.9 Å². The van der Waals surface area contributed by atoms with E-state index in [-0.39, 0.29) is 0 Å². The predicted octanol–water partition coefficient (Wildman–Crippen LogP) is 2.23. The van der Waals surface area contributed by atoms with E-state index in [1.54, 1.807) is 0 Å². The summed E-state index contributed by atoms with van der Waals surface area (Å²) in [6.45, 7) is 8.83. The van der Waals surface area contributed by atoms with Crippen LogP contribution < -0.4 is 0 Å². The van der Waals surface area contributed by atoms with Crippen LogP contribution in [0.2, 0.25) is 0 Å². The normalized spacial score (nSPS) is 12.8. The van der Waals surface area contributed by atoms with Gasteiger partial charge in [-0.2, -0.15) is 0 Å². The van der Waals surface area contributed by atoms with Gasteiger partial charge in [0.05, 0.1) is 6.54 Å². The first-order chi connectivity index (χ1) is 7.65. The summed E-state index contributed by atoms with van der Waals surface area (Å²) in [4.78, 5) is 4.56. The Kier molecular flexibility index (Phi) is 8.99. The van der Waals surface area contributed by atoms with Gasteiger partial charge in [-0.1, -0.05) is 18.9 Å².